The molecule has 1 heterocycles. The summed E-state index contributed by atoms with van der Waals surface area (Å²) >= 11 is 0. The fraction of sp³-hybridized carbons (Fsp3) is 0.158. The van der Waals surface area contributed by atoms with Gasteiger partial charge < -0.3 is 19.7 Å². The fourth-order valence-electron chi connectivity index (χ4n) is 2.92. The average Bonchev–Trinajstić information content (AvgIpc) is 2.87. The first-order valence-corrected chi connectivity index (χ1v) is 7.66. The van der Waals surface area contributed by atoms with E-state index in [0.29, 0.717) is 11.3 Å². The number of methoxy groups -OCH3 is 1. The molecule has 0 aliphatic carbocycles. The molecule has 1 aromatic heterocycles. The molecule has 0 unspecified atom stereocenters. The molecule has 0 aliphatic heterocycles. The van der Waals surface area contributed by atoms with Gasteiger partial charge in [0.2, 0.25) is 5.91 Å². The van der Waals surface area contributed by atoms with Crippen molar-refractivity contribution in [3.63, 3.8) is 0 Å². The Hall–Kier alpha value is -3.30. The molecule has 126 valence electrons. The molecule has 6 heteroatoms. The third kappa shape index (κ3) is 3.05. The van der Waals surface area contributed by atoms with Crippen molar-refractivity contribution in [3.05, 3.63) is 48.0 Å². The molecule has 3 aromatic rings. The van der Waals surface area contributed by atoms with E-state index < -0.39 is 0 Å². The number of hydrogen-bond donors (Lipinski definition) is 2. The normalized spacial score (nSPS) is 10.6. The van der Waals surface area contributed by atoms with Crippen LogP contribution in [0.3, 0.4) is 0 Å². The summed E-state index contributed by atoms with van der Waals surface area (Å²) in [5.74, 6) is -0.0756. The highest BCUT2D eigenvalue weighted by Gasteiger charge is 2.17. The highest BCUT2D eigenvalue weighted by molar-refractivity contribution is 5.96. The van der Waals surface area contributed by atoms with Crippen molar-refractivity contribution in [2.75, 3.05) is 19.0 Å². The number of aromatic hydroxyl groups is 1. The van der Waals surface area contributed by atoms with E-state index in [1.165, 1.54) is 7.11 Å². The Balaban J connectivity index is 2.03. The second-order valence-corrected chi connectivity index (χ2v) is 5.65. The number of fused-ring (bicyclic) bond motifs is 1. The first-order chi connectivity index (χ1) is 12.0. The monoisotopic (exact) mass is 335 g/mol. The van der Waals surface area contributed by atoms with Crippen molar-refractivity contribution in [2.24, 2.45) is 7.05 Å². The topological polar surface area (TPSA) is 87.3 Å². The van der Waals surface area contributed by atoms with Crippen LogP contribution in [0.1, 0.15) is 5.56 Å². The van der Waals surface area contributed by atoms with Crippen LogP contribution in [0, 0.1) is 11.3 Å². The summed E-state index contributed by atoms with van der Waals surface area (Å²) in [6.07, 6.45) is 0. The molecule has 0 saturated heterocycles. The highest BCUT2D eigenvalue weighted by Crippen LogP contribution is 2.34. The number of nitriles is 1. The van der Waals surface area contributed by atoms with Gasteiger partial charge in [-0.25, -0.2) is 0 Å². The number of benzene rings is 2. The lowest BCUT2D eigenvalue weighted by Crippen LogP contribution is -2.16. The van der Waals surface area contributed by atoms with E-state index in [0.717, 1.165) is 22.2 Å². The van der Waals surface area contributed by atoms with Gasteiger partial charge in [-0.1, -0.05) is 12.1 Å². The lowest BCUT2D eigenvalue weighted by Gasteiger charge is -2.08. The van der Waals surface area contributed by atoms with Gasteiger partial charge >= 0.3 is 0 Å². The van der Waals surface area contributed by atoms with Gasteiger partial charge in [0.15, 0.2) is 0 Å². The number of phenolic OH excluding ortho intramolecular Hbond substituents is 1. The van der Waals surface area contributed by atoms with Crippen LogP contribution in [0.2, 0.25) is 0 Å². The van der Waals surface area contributed by atoms with Crippen molar-refractivity contribution >= 4 is 22.5 Å². The van der Waals surface area contributed by atoms with E-state index in [1.807, 2.05) is 23.7 Å². The number of ether oxygens (including phenoxy) is 1. The van der Waals surface area contributed by atoms with Gasteiger partial charge in [-0.05, 0) is 29.8 Å². The molecule has 2 aromatic carbocycles. The molecule has 0 radical (unpaired) electrons. The summed E-state index contributed by atoms with van der Waals surface area (Å²) in [5, 5.41) is 22.8. The molecular formula is C19H17N3O3. The molecule has 0 spiro atoms. The maximum Gasteiger partial charge on any atom is 0.250 e. The second kappa shape index (κ2) is 6.67. The number of amides is 1. The molecule has 0 aliphatic rings. The Kier molecular flexibility index (Phi) is 4.42. The van der Waals surface area contributed by atoms with Crippen molar-refractivity contribution in [2.45, 2.75) is 0 Å². The van der Waals surface area contributed by atoms with Gasteiger partial charge in [0.25, 0.3) is 0 Å². The maximum atomic E-state index is 11.6. The van der Waals surface area contributed by atoms with Gasteiger partial charge in [0, 0.05) is 31.3 Å². The van der Waals surface area contributed by atoms with E-state index in [4.69, 9.17) is 4.74 Å². The number of rotatable bonds is 4. The Morgan fingerprint density at radius 3 is 2.64 bits per heavy atom. The number of nitrogens with one attached hydrogen (secondary N) is 1. The van der Waals surface area contributed by atoms with Crippen molar-refractivity contribution in [1.29, 1.82) is 5.26 Å². The molecular weight excluding hydrogens is 318 g/mol. The summed E-state index contributed by atoms with van der Waals surface area (Å²) in [7, 11) is 3.32. The Morgan fingerprint density at radius 2 is 2.00 bits per heavy atom. The van der Waals surface area contributed by atoms with Crippen LogP contribution in [0.15, 0.2) is 42.5 Å². The quantitative estimate of drug-likeness (QED) is 0.767. The Labute approximate surface area is 144 Å². The number of phenols is 1. The molecule has 0 atom stereocenters. The van der Waals surface area contributed by atoms with Crippen LogP contribution in [0.5, 0.6) is 5.75 Å². The number of hydrogen-bond acceptors (Lipinski definition) is 4. The summed E-state index contributed by atoms with van der Waals surface area (Å²) in [4.78, 5) is 11.6. The first-order valence-electron chi connectivity index (χ1n) is 7.66. The number of anilines is 1. The van der Waals surface area contributed by atoms with Gasteiger partial charge in [-0.3, -0.25) is 4.79 Å². The lowest BCUT2D eigenvalue weighted by molar-refractivity contribution is -0.119. The molecule has 3 rings (SSSR count). The van der Waals surface area contributed by atoms with Gasteiger partial charge in [-0.15, -0.1) is 0 Å². The number of carbonyl (C=O) groups is 1. The lowest BCUT2D eigenvalue weighted by atomic mass is 10.1. The third-order valence-corrected chi connectivity index (χ3v) is 4.01. The minimum atomic E-state index is -0.229. The second-order valence-electron chi connectivity index (χ2n) is 5.65. The largest absolute Gasteiger partial charge is 0.508 e. The maximum absolute atomic E-state index is 11.6. The molecule has 2 N–H and O–H groups in total. The number of nitrogens with zero attached hydrogens (tertiary/aromatic N) is 2. The molecule has 0 fully saturated rings. The van der Waals surface area contributed by atoms with E-state index in [1.54, 1.807) is 30.3 Å². The molecule has 6 nitrogen and oxygen atoms in total. The number of aryl methyl sites for hydroxylation is 1. The summed E-state index contributed by atoms with van der Waals surface area (Å²) < 4.78 is 6.67. The zero-order valence-electron chi connectivity index (χ0n) is 13.9. The minimum absolute atomic E-state index is 0.00692. The van der Waals surface area contributed by atoms with Gasteiger partial charge in [0.05, 0.1) is 16.8 Å². The smallest absolute Gasteiger partial charge is 0.250 e. The van der Waals surface area contributed by atoms with E-state index in [9.17, 15) is 15.2 Å². The summed E-state index contributed by atoms with van der Waals surface area (Å²) in [5.41, 5.74) is 3.59. The van der Waals surface area contributed by atoms with Crippen LogP contribution in [0.25, 0.3) is 22.2 Å². The molecule has 0 saturated carbocycles. The Morgan fingerprint density at radius 1 is 1.28 bits per heavy atom. The standard InChI is InChI=1S/C19H17N3O3/c1-22-17-9-14(23)7-8-15(17)16(10-20)19(22)12-3-5-13(6-4-12)21-18(24)11-25-2/h3-9,23H,11H2,1-2H3,(H,21,24). The Bertz CT molecular complexity index is 982. The summed E-state index contributed by atoms with van der Waals surface area (Å²) in [6, 6.07) is 14.4. The predicted octanol–water partition coefficient (Wildman–Crippen LogP) is 3.01. The molecule has 25 heavy (non-hydrogen) atoms. The third-order valence-electron chi connectivity index (χ3n) is 4.01. The van der Waals surface area contributed by atoms with E-state index >= 15 is 0 Å². The zero-order chi connectivity index (χ0) is 18.0. The van der Waals surface area contributed by atoms with Crippen LogP contribution in [-0.2, 0) is 16.6 Å². The summed E-state index contributed by atoms with van der Waals surface area (Å²) in [6.45, 7) is -0.00692. The predicted molar refractivity (Wildman–Crippen MR) is 95.2 cm³/mol. The van der Waals surface area contributed by atoms with Crippen molar-refractivity contribution in [1.82, 2.24) is 4.57 Å². The SMILES string of the molecule is COCC(=O)Nc1ccc(-c2c(C#N)c3ccc(O)cc3n2C)cc1. The van der Waals surface area contributed by atoms with Crippen LogP contribution in [0.4, 0.5) is 5.69 Å². The van der Waals surface area contributed by atoms with Crippen LogP contribution >= 0.6 is 0 Å². The van der Waals surface area contributed by atoms with E-state index in [-0.39, 0.29) is 18.3 Å². The zero-order valence-corrected chi connectivity index (χ0v) is 13.9. The van der Waals surface area contributed by atoms with Gasteiger partial charge in [0.1, 0.15) is 18.4 Å². The number of aromatic nitrogens is 1. The fourth-order valence-corrected chi connectivity index (χ4v) is 2.92. The van der Waals surface area contributed by atoms with Gasteiger partial charge in [-0.2, -0.15) is 5.26 Å². The van der Waals surface area contributed by atoms with E-state index in [2.05, 4.69) is 11.4 Å². The van der Waals surface area contributed by atoms with Crippen molar-refractivity contribution in [3.8, 4) is 23.1 Å². The minimum Gasteiger partial charge on any atom is -0.508 e. The highest BCUT2D eigenvalue weighted by atomic mass is 16.5. The molecule has 1 amide bonds. The van der Waals surface area contributed by atoms with Crippen LogP contribution < -0.4 is 5.32 Å². The average molecular weight is 335 g/mol. The number of carbonyl (C=O) groups excluding carboxylic acids is 1. The van der Waals surface area contributed by atoms with Crippen molar-refractivity contribution < 1.29 is 14.6 Å². The molecule has 0 bridgehead atoms. The first kappa shape index (κ1) is 16.6. The van der Waals surface area contributed by atoms with Crippen LogP contribution in [-0.4, -0.2) is 29.3 Å².